The second kappa shape index (κ2) is 9.11. The number of nitrogens with zero attached hydrogens (tertiary/aromatic N) is 3. The van der Waals surface area contributed by atoms with E-state index in [1.807, 2.05) is 0 Å². The quantitative estimate of drug-likeness (QED) is 0.748. The van der Waals surface area contributed by atoms with Gasteiger partial charge < -0.3 is 14.4 Å². The van der Waals surface area contributed by atoms with Crippen LogP contribution < -0.4 is 5.32 Å². The van der Waals surface area contributed by atoms with Crippen LogP contribution in [0, 0.1) is 0 Å². The Labute approximate surface area is 178 Å². The van der Waals surface area contributed by atoms with E-state index in [1.165, 1.54) is 11.1 Å². The molecule has 2 saturated heterocycles. The van der Waals surface area contributed by atoms with Crippen molar-refractivity contribution in [3.8, 4) is 0 Å². The first kappa shape index (κ1) is 22.8. The van der Waals surface area contributed by atoms with Crippen molar-refractivity contribution in [1.29, 1.82) is 0 Å². The number of aromatic nitrogens is 1. The minimum Gasteiger partial charge on any atom is -0.444 e. The van der Waals surface area contributed by atoms with Gasteiger partial charge in [0.2, 0.25) is 5.91 Å². The van der Waals surface area contributed by atoms with Crippen molar-refractivity contribution in [2.75, 3.05) is 44.7 Å². The Balaban J connectivity index is 1.78. The van der Waals surface area contributed by atoms with Gasteiger partial charge in [0.15, 0.2) is 5.13 Å². The highest BCUT2D eigenvalue weighted by atomic mass is 32.1. The van der Waals surface area contributed by atoms with E-state index in [2.05, 4.69) is 15.2 Å². The number of thiazole rings is 1. The lowest BCUT2D eigenvalue weighted by Gasteiger charge is -2.40. The van der Waals surface area contributed by atoms with Gasteiger partial charge in [0, 0.05) is 38.7 Å². The lowest BCUT2D eigenvalue weighted by molar-refractivity contribution is -0.152. The van der Waals surface area contributed by atoms with E-state index in [9.17, 15) is 18.4 Å². The molecule has 8 nitrogen and oxygen atoms in total. The van der Waals surface area contributed by atoms with Crippen LogP contribution in [-0.2, 0) is 14.3 Å². The van der Waals surface area contributed by atoms with E-state index in [0.717, 1.165) is 11.3 Å². The highest BCUT2D eigenvalue weighted by molar-refractivity contribution is 7.15. The van der Waals surface area contributed by atoms with Gasteiger partial charge in [-0.25, -0.2) is 18.6 Å². The molecule has 0 aromatic carbocycles. The average Bonchev–Trinajstić information content (AvgIpc) is 3.09. The Kier molecular flexibility index (Phi) is 6.93. The Morgan fingerprint density at radius 1 is 1.40 bits per heavy atom. The number of amides is 2. The van der Waals surface area contributed by atoms with E-state index in [-0.39, 0.29) is 12.3 Å². The molecule has 0 spiro atoms. The number of likely N-dealkylation sites (tertiary alicyclic amines) is 1. The minimum atomic E-state index is -2.92. The largest absolute Gasteiger partial charge is 0.444 e. The molecule has 1 aromatic heterocycles. The van der Waals surface area contributed by atoms with Crippen LogP contribution in [0.15, 0.2) is 6.20 Å². The van der Waals surface area contributed by atoms with Gasteiger partial charge in [-0.1, -0.05) is 11.3 Å². The second-order valence-corrected chi connectivity index (χ2v) is 9.56. The van der Waals surface area contributed by atoms with Crippen molar-refractivity contribution in [3.05, 3.63) is 11.1 Å². The SMILES string of the molecule is CC(C)(C)OC(=O)Nc1ncc(C(CN2CCOCC2)N2CC(F)(F)CCC2=O)s1. The Morgan fingerprint density at radius 3 is 2.77 bits per heavy atom. The highest BCUT2D eigenvalue weighted by Gasteiger charge is 2.43. The first-order valence-electron chi connectivity index (χ1n) is 9.95. The van der Waals surface area contributed by atoms with Crippen LogP contribution in [0.5, 0.6) is 0 Å². The van der Waals surface area contributed by atoms with Gasteiger partial charge in [0.25, 0.3) is 5.92 Å². The topological polar surface area (TPSA) is 84.0 Å². The zero-order chi connectivity index (χ0) is 21.9. The number of nitrogens with one attached hydrogen (secondary N) is 1. The van der Waals surface area contributed by atoms with Crippen molar-refractivity contribution in [2.24, 2.45) is 0 Å². The Bertz CT molecular complexity index is 762. The summed E-state index contributed by atoms with van der Waals surface area (Å²) in [4.78, 5) is 32.7. The zero-order valence-corrected chi connectivity index (χ0v) is 18.3. The van der Waals surface area contributed by atoms with Crippen LogP contribution in [0.1, 0.15) is 44.5 Å². The van der Waals surface area contributed by atoms with Crippen LogP contribution in [0.4, 0.5) is 18.7 Å². The maximum atomic E-state index is 14.1. The van der Waals surface area contributed by atoms with Gasteiger partial charge in [-0.15, -0.1) is 0 Å². The number of hydrogen-bond acceptors (Lipinski definition) is 7. The number of rotatable bonds is 5. The van der Waals surface area contributed by atoms with Crippen LogP contribution in [-0.4, -0.2) is 77.7 Å². The number of carbonyl (C=O) groups is 2. The van der Waals surface area contributed by atoms with E-state index < -0.39 is 36.6 Å². The molecule has 1 N–H and O–H groups in total. The number of hydrogen-bond donors (Lipinski definition) is 1. The molecule has 0 aliphatic carbocycles. The third-order valence-electron chi connectivity index (χ3n) is 4.80. The standard InChI is InChI=1S/C19H28F2N4O4S/c1-18(2,3)29-17(27)23-16-22-10-14(30-16)13(11-24-6-8-28-9-7-24)25-12-19(20,21)5-4-15(25)26/h10,13H,4-9,11-12H2,1-3H3,(H,22,23,27). The maximum Gasteiger partial charge on any atom is 0.413 e. The molecule has 0 saturated carbocycles. The average molecular weight is 447 g/mol. The molecule has 3 rings (SSSR count). The molecule has 3 heterocycles. The van der Waals surface area contributed by atoms with Crippen molar-refractivity contribution in [1.82, 2.24) is 14.8 Å². The fraction of sp³-hybridized carbons (Fsp3) is 0.737. The normalized spacial score (nSPS) is 21.4. The maximum absolute atomic E-state index is 14.1. The van der Waals surface area contributed by atoms with Crippen molar-refractivity contribution in [3.63, 3.8) is 0 Å². The second-order valence-electron chi connectivity index (χ2n) is 8.50. The number of alkyl halides is 2. The van der Waals surface area contributed by atoms with Gasteiger partial charge in [-0.3, -0.25) is 15.0 Å². The number of ether oxygens (including phenoxy) is 2. The summed E-state index contributed by atoms with van der Waals surface area (Å²) in [5.74, 6) is -3.21. The smallest absolute Gasteiger partial charge is 0.413 e. The molecular formula is C19H28F2N4O4S. The van der Waals surface area contributed by atoms with Crippen LogP contribution in [0.2, 0.25) is 0 Å². The summed E-state index contributed by atoms with van der Waals surface area (Å²) >= 11 is 1.16. The molecule has 11 heteroatoms. The first-order chi connectivity index (χ1) is 14.0. The number of halogens is 2. The summed E-state index contributed by atoms with van der Waals surface area (Å²) in [6.07, 6.45) is 0.270. The van der Waals surface area contributed by atoms with Crippen molar-refractivity contribution < 1.29 is 27.8 Å². The van der Waals surface area contributed by atoms with E-state index in [0.29, 0.717) is 42.9 Å². The molecule has 1 unspecified atom stereocenters. The Morgan fingerprint density at radius 2 is 2.10 bits per heavy atom. The molecule has 2 fully saturated rings. The van der Waals surface area contributed by atoms with Gasteiger partial charge in [0.1, 0.15) is 5.60 Å². The molecule has 30 heavy (non-hydrogen) atoms. The van der Waals surface area contributed by atoms with Crippen LogP contribution in [0.3, 0.4) is 0 Å². The first-order valence-corrected chi connectivity index (χ1v) is 10.8. The number of carbonyl (C=O) groups excluding carboxylic acids is 2. The zero-order valence-electron chi connectivity index (χ0n) is 17.5. The van der Waals surface area contributed by atoms with E-state index in [4.69, 9.17) is 9.47 Å². The number of anilines is 1. The molecule has 1 atom stereocenters. The third kappa shape index (κ3) is 6.32. The van der Waals surface area contributed by atoms with Crippen molar-refractivity contribution >= 4 is 28.5 Å². The van der Waals surface area contributed by atoms with E-state index >= 15 is 0 Å². The molecule has 2 amide bonds. The predicted molar refractivity (Wildman–Crippen MR) is 108 cm³/mol. The molecule has 168 valence electrons. The summed E-state index contributed by atoms with van der Waals surface area (Å²) in [6, 6.07) is -0.575. The van der Waals surface area contributed by atoms with Gasteiger partial charge in [-0.2, -0.15) is 0 Å². The summed E-state index contributed by atoms with van der Waals surface area (Å²) in [5.41, 5.74) is -0.658. The molecular weight excluding hydrogens is 418 g/mol. The predicted octanol–water partition coefficient (Wildman–Crippen LogP) is 3.12. The number of morpholine rings is 1. The summed E-state index contributed by atoms with van der Waals surface area (Å²) in [6.45, 7) is 7.48. The van der Waals surface area contributed by atoms with Gasteiger partial charge >= 0.3 is 6.09 Å². The monoisotopic (exact) mass is 446 g/mol. The van der Waals surface area contributed by atoms with Crippen LogP contribution >= 0.6 is 11.3 Å². The Hall–Kier alpha value is -1.85. The molecule has 0 radical (unpaired) electrons. The van der Waals surface area contributed by atoms with Gasteiger partial charge in [-0.05, 0) is 20.8 Å². The van der Waals surface area contributed by atoms with E-state index in [1.54, 1.807) is 20.8 Å². The minimum absolute atomic E-state index is 0.186. The molecule has 1 aromatic rings. The fourth-order valence-electron chi connectivity index (χ4n) is 3.39. The third-order valence-corrected chi connectivity index (χ3v) is 5.81. The lowest BCUT2D eigenvalue weighted by atomic mass is 10.0. The van der Waals surface area contributed by atoms with Crippen molar-refractivity contribution in [2.45, 2.75) is 51.2 Å². The summed E-state index contributed by atoms with van der Waals surface area (Å²) < 4.78 is 38.8. The van der Waals surface area contributed by atoms with Gasteiger partial charge in [0.05, 0.1) is 30.7 Å². The molecule has 2 aliphatic heterocycles. The summed E-state index contributed by atoms with van der Waals surface area (Å²) in [7, 11) is 0. The molecule has 0 bridgehead atoms. The van der Waals surface area contributed by atoms with Crippen LogP contribution in [0.25, 0.3) is 0 Å². The lowest BCUT2D eigenvalue weighted by Crippen LogP contribution is -2.51. The highest BCUT2D eigenvalue weighted by Crippen LogP contribution is 2.36. The number of piperidine rings is 1. The fourth-order valence-corrected chi connectivity index (χ4v) is 4.30. The molecule has 2 aliphatic rings. The summed E-state index contributed by atoms with van der Waals surface area (Å²) in [5, 5.41) is 2.86.